The highest BCUT2D eigenvalue weighted by Gasteiger charge is 2.77. The molecule has 4 aliphatic carbocycles. The monoisotopic (exact) mass is 416 g/mol. The Bertz CT molecular complexity index is 829. The van der Waals surface area contributed by atoms with Crippen LogP contribution in [0.25, 0.3) is 0 Å². The topological polar surface area (TPSA) is 94.8 Å². The van der Waals surface area contributed by atoms with Crippen molar-refractivity contribution in [3.05, 3.63) is 11.4 Å². The summed E-state index contributed by atoms with van der Waals surface area (Å²) >= 11 is 0. The normalized spacial score (nSPS) is 54.6. The van der Waals surface area contributed by atoms with Crippen LogP contribution in [-0.4, -0.2) is 50.6 Å². The second-order valence-corrected chi connectivity index (χ2v) is 10.0. The molecule has 0 amide bonds. The van der Waals surface area contributed by atoms with Crippen molar-refractivity contribution in [2.45, 2.75) is 76.4 Å². The molecule has 0 spiro atoms. The van der Waals surface area contributed by atoms with Gasteiger partial charge in [0.2, 0.25) is 0 Å². The molecule has 0 radical (unpaired) electrons. The molecule has 3 N–H and O–H groups in total. The van der Waals surface area contributed by atoms with E-state index in [0.29, 0.717) is 0 Å². The van der Waals surface area contributed by atoms with Crippen molar-refractivity contribution in [2.75, 3.05) is 0 Å². The lowest BCUT2D eigenvalue weighted by Crippen LogP contribution is -2.71. The lowest BCUT2D eigenvalue weighted by atomic mass is 9.43. The zero-order chi connectivity index (χ0) is 21.7. The second kappa shape index (κ2) is 5.84. The molecule has 0 unspecified atom stereocenters. The Morgan fingerprint density at radius 2 is 1.83 bits per heavy atom. The highest BCUT2D eigenvalue weighted by atomic mass is 19.2. The Hall–Kier alpha value is -1.41. The number of hydrogen-bond acceptors (Lipinski definition) is 4. The quantitative estimate of drug-likeness (QED) is 0.611. The molecule has 0 heterocycles. The first-order valence-corrected chi connectivity index (χ1v) is 10.2. The fraction of sp³-hybridized carbons (Fsp3) is 0.810. The predicted molar refractivity (Wildman–Crippen MR) is 95.9 cm³/mol. The number of Topliss-reactive ketones (excluding diaryl/α,β-unsaturated/α-hetero) is 1. The van der Waals surface area contributed by atoms with Crippen LogP contribution in [0.5, 0.6) is 0 Å². The van der Waals surface area contributed by atoms with Crippen LogP contribution in [0, 0.1) is 28.6 Å². The van der Waals surface area contributed by atoms with Crippen LogP contribution in [0.1, 0.15) is 52.9 Å². The van der Waals surface area contributed by atoms with Crippen LogP contribution in [0.4, 0.5) is 13.2 Å². The SMILES string of the molecule is C[C@@H]1C[C@H]2[C@@H]3C[C@H](F)C4=C(F)C(=O)CC[C@]4(C)[C@@]3(F)[C@@H](O)C[C@]2(C)[C@@]1(O)C(=O)O. The zero-order valence-corrected chi connectivity index (χ0v) is 16.7. The van der Waals surface area contributed by atoms with E-state index in [4.69, 9.17) is 0 Å². The molecule has 0 saturated heterocycles. The molecule has 9 atom stereocenters. The molecule has 0 bridgehead atoms. The number of aliphatic hydroxyl groups is 2. The number of aliphatic hydroxyl groups excluding tert-OH is 1. The molecule has 162 valence electrons. The maximum atomic E-state index is 16.8. The van der Waals surface area contributed by atoms with E-state index in [9.17, 15) is 29.3 Å². The summed E-state index contributed by atoms with van der Waals surface area (Å²) in [6.07, 6.45) is -4.66. The third-order valence-corrected chi connectivity index (χ3v) is 9.01. The van der Waals surface area contributed by atoms with Gasteiger partial charge in [0.1, 0.15) is 11.8 Å². The highest BCUT2D eigenvalue weighted by molar-refractivity contribution is 5.95. The van der Waals surface area contributed by atoms with Crippen LogP contribution in [0.3, 0.4) is 0 Å². The number of hydrogen-bond donors (Lipinski definition) is 3. The van der Waals surface area contributed by atoms with E-state index in [1.807, 2.05) is 0 Å². The Morgan fingerprint density at radius 3 is 2.41 bits per heavy atom. The summed E-state index contributed by atoms with van der Waals surface area (Å²) in [5.74, 6) is -6.07. The molecular weight excluding hydrogens is 389 g/mol. The minimum atomic E-state index is -2.42. The number of rotatable bonds is 1. The molecule has 0 aromatic carbocycles. The maximum absolute atomic E-state index is 16.8. The largest absolute Gasteiger partial charge is 0.479 e. The average molecular weight is 416 g/mol. The van der Waals surface area contributed by atoms with Gasteiger partial charge in [0, 0.05) is 28.7 Å². The lowest BCUT2D eigenvalue weighted by molar-refractivity contribution is -0.238. The van der Waals surface area contributed by atoms with Crippen molar-refractivity contribution in [1.29, 1.82) is 0 Å². The second-order valence-electron chi connectivity index (χ2n) is 10.0. The number of fused-ring (bicyclic) bond motifs is 5. The fourth-order valence-electron chi connectivity index (χ4n) is 7.45. The number of carboxylic acid groups (broad SMARTS) is 1. The van der Waals surface area contributed by atoms with Crippen molar-refractivity contribution < 1.29 is 38.1 Å². The van der Waals surface area contributed by atoms with Gasteiger partial charge in [-0.1, -0.05) is 20.8 Å². The molecule has 4 aliphatic rings. The van der Waals surface area contributed by atoms with Gasteiger partial charge in [-0.3, -0.25) is 4.79 Å². The first kappa shape index (κ1) is 20.8. The van der Waals surface area contributed by atoms with E-state index in [-0.39, 0.29) is 25.7 Å². The van der Waals surface area contributed by atoms with Crippen molar-refractivity contribution in [3.63, 3.8) is 0 Å². The molecule has 0 aromatic heterocycles. The van der Waals surface area contributed by atoms with Crippen LogP contribution in [0.2, 0.25) is 0 Å². The van der Waals surface area contributed by atoms with E-state index >= 15 is 8.78 Å². The van der Waals surface area contributed by atoms with E-state index in [0.717, 1.165) is 0 Å². The van der Waals surface area contributed by atoms with Gasteiger partial charge >= 0.3 is 5.97 Å². The number of allylic oxidation sites excluding steroid dienone is 1. The third-order valence-electron chi connectivity index (χ3n) is 9.01. The number of halogens is 3. The van der Waals surface area contributed by atoms with E-state index in [2.05, 4.69) is 0 Å². The van der Waals surface area contributed by atoms with Crippen LogP contribution in [-0.2, 0) is 9.59 Å². The van der Waals surface area contributed by atoms with E-state index in [1.54, 1.807) is 6.92 Å². The van der Waals surface area contributed by atoms with Gasteiger partial charge in [0.15, 0.2) is 17.2 Å². The number of carboxylic acids is 1. The molecule has 3 fully saturated rings. The molecule has 4 rings (SSSR count). The van der Waals surface area contributed by atoms with Crippen molar-refractivity contribution in [1.82, 2.24) is 0 Å². The molecule has 3 saturated carbocycles. The van der Waals surface area contributed by atoms with Gasteiger partial charge in [0.25, 0.3) is 0 Å². The van der Waals surface area contributed by atoms with Crippen molar-refractivity contribution in [2.24, 2.45) is 28.6 Å². The van der Waals surface area contributed by atoms with Gasteiger partial charge < -0.3 is 15.3 Å². The molecule has 5 nitrogen and oxygen atoms in total. The molecule has 8 heteroatoms. The minimum Gasteiger partial charge on any atom is -0.479 e. The number of aliphatic carboxylic acids is 1. The molecule has 0 aromatic rings. The number of alkyl halides is 2. The standard InChI is InChI=1S/C21H27F3O5/c1-9-6-10-11-7-12(22)15-16(23)13(25)4-5-18(15,2)20(11,24)14(26)8-19(10,3)21(9,29)17(27)28/h9-12,14,26,29H,4-8H2,1-3H3,(H,27,28)/t9-,10+,11+,12+,14+,18+,19+,20+,21+/m1/s1. The van der Waals surface area contributed by atoms with Gasteiger partial charge in [0.05, 0.1) is 6.10 Å². The Kier molecular flexibility index (Phi) is 4.20. The summed E-state index contributed by atoms with van der Waals surface area (Å²) in [5, 5.41) is 31.8. The smallest absolute Gasteiger partial charge is 0.336 e. The third kappa shape index (κ3) is 2.10. The summed E-state index contributed by atoms with van der Waals surface area (Å²) < 4.78 is 46.7. The highest BCUT2D eigenvalue weighted by Crippen LogP contribution is 2.71. The van der Waals surface area contributed by atoms with Crippen LogP contribution in [0.15, 0.2) is 11.4 Å². The Labute approximate surface area is 167 Å². The minimum absolute atomic E-state index is 0.124. The fourth-order valence-corrected chi connectivity index (χ4v) is 7.45. The number of carbonyl (C=O) groups is 2. The van der Waals surface area contributed by atoms with Gasteiger partial charge in [-0.25, -0.2) is 18.0 Å². The molecule has 29 heavy (non-hydrogen) atoms. The first-order chi connectivity index (χ1) is 13.3. The molecule has 0 aliphatic heterocycles. The van der Waals surface area contributed by atoms with E-state index in [1.165, 1.54) is 13.8 Å². The Morgan fingerprint density at radius 1 is 1.21 bits per heavy atom. The number of carbonyl (C=O) groups excluding carboxylic acids is 1. The van der Waals surface area contributed by atoms with Crippen molar-refractivity contribution in [3.8, 4) is 0 Å². The average Bonchev–Trinajstić information content (AvgIpc) is 2.83. The maximum Gasteiger partial charge on any atom is 0.336 e. The van der Waals surface area contributed by atoms with E-state index < -0.39 is 81.7 Å². The summed E-state index contributed by atoms with van der Waals surface area (Å²) in [7, 11) is 0. The summed E-state index contributed by atoms with van der Waals surface area (Å²) in [4.78, 5) is 23.8. The zero-order valence-electron chi connectivity index (χ0n) is 16.7. The Balaban J connectivity index is 1.90. The van der Waals surface area contributed by atoms with Crippen LogP contribution >= 0.6 is 0 Å². The lowest BCUT2D eigenvalue weighted by Gasteiger charge is -2.63. The summed E-state index contributed by atoms with van der Waals surface area (Å²) in [6, 6.07) is 0. The molecular formula is C21H27F3O5. The number of ketones is 1. The predicted octanol–water partition coefficient (Wildman–Crippen LogP) is 2.89. The van der Waals surface area contributed by atoms with Gasteiger partial charge in [-0.2, -0.15) is 0 Å². The van der Waals surface area contributed by atoms with Crippen LogP contribution < -0.4 is 0 Å². The summed E-state index contributed by atoms with van der Waals surface area (Å²) in [5.41, 5.74) is -8.18. The van der Waals surface area contributed by atoms with Gasteiger partial charge in [-0.05, 0) is 37.5 Å². The van der Waals surface area contributed by atoms with Crippen molar-refractivity contribution >= 4 is 11.8 Å². The first-order valence-electron chi connectivity index (χ1n) is 10.2. The van der Waals surface area contributed by atoms with Gasteiger partial charge in [-0.15, -0.1) is 0 Å². The summed E-state index contributed by atoms with van der Waals surface area (Å²) in [6.45, 7) is 4.44.